The van der Waals surface area contributed by atoms with Gasteiger partial charge in [-0.15, -0.1) is 0 Å². The molecule has 3 aromatic rings. The molecule has 0 bridgehead atoms. The molecule has 0 saturated carbocycles. The predicted molar refractivity (Wildman–Crippen MR) is 120 cm³/mol. The van der Waals surface area contributed by atoms with Crippen LogP contribution in [0.25, 0.3) is 0 Å². The fourth-order valence-electron chi connectivity index (χ4n) is 3.30. The van der Waals surface area contributed by atoms with Crippen LogP contribution < -0.4 is 10.1 Å². The van der Waals surface area contributed by atoms with E-state index in [1.807, 2.05) is 29.3 Å². The largest absolute Gasteiger partial charge is 0.257 e. The Balaban J connectivity index is 1.74. The maximum Gasteiger partial charge on any atom is 0.238 e. The minimum Gasteiger partial charge on any atom is -0.257 e. The quantitative estimate of drug-likeness (QED) is 0.517. The number of anilines is 1. The van der Waals surface area contributed by atoms with Gasteiger partial charge in [-0.25, -0.2) is 17.9 Å². The van der Waals surface area contributed by atoms with E-state index in [2.05, 4.69) is 22.6 Å². The average Bonchev–Trinajstić information content (AvgIpc) is 3.14. The highest BCUT2D eigenvalue weighted by Crippen LogP contribution is 2.37. The Morgan fingerprint density at radius 1 is 0.966 bits per heavy atom. The van der Waals surface area contributed by atoms with Gasteiger partial charge in [0.05, 0.1) is 22.3 Å². The molecule has 1 aliphatic heterocycles. The molecule has 148 valence electrons. The molecule has 0 radical (unpaired) electrons. The summed E-state index contributed by atoms with van der Waals surface area (Å²) in [7, 11) is -3.77. The lowest BCUT2D eigenvalue weighted by Gasteiger charge is -2.24. The number of sulfonamides is 1. The SMILES string of the molecule is NS(=O)(=O)c1ccc(N2N=C(c3ccc(I)cc3)CC2c2ccc(F)cc2)cc1. The molecule has 1 atom stereocenters. The molecule has 1 aliphatic rings. The van der Waals surface area contributed by atoms with Crippen LogP contribution in [0.4, 0.5) is 10.1 Å². The van der Waals surface area contributed by atoms with Crippen molar-refractivity contribution < 1.29 is 12.8 Å². The summed E-state index contributed by atoms with van der Waals surface area (Å²) in [5.41, 5.74) is 3.57. The van der Waals surface area contributed by atoms with E-state index in [1.165, 1.54) is 24.3 Å². The Kier molecular flexibility index (Phi) is 5.41. The summed E-state index contributed by atoms with van der Waals surface area (Å²) in [6.07, 6.45) is 0.642. The van der Waals surface area contributed by atoms with Crippen LogP contribution in [-0.2, 0) is 10.0 Å². The maximum absolute atomic E-state index is 13.4. The van der Waals surface area contributed by atoms with Gasteiger partial charge in [-0.05, 0) is 82.2 Å². The zero-order chi connectivity index (χ0) is 20.6. The summed E-state index contributed by atoms with van der Waals surface area (Å²) in [6, 6.07) is 20.6. The van der Waals surface area contributed by atoms with E-state index >= 15 is 0 Å². The Morgan fingerprint density at radius 3 is 2.17 bits per heavy atom. The molecule has 8 heteroatoms. The first-order valence-electron chi connectivity index (χ1n) is 8.82. The van der Waals surface area contributed by atoms with E-state index in [0.29, 0.717) is 6.42 Å². The molecule has 0 spiro atoms. The highest BCUT2D eigenvalue weighted by Gasteiger charge is 2.30. The fourth-order valence-corrected chi connectivity index (χ4v) is 4.17. The van der Waals surface area contributed by atoms with Crippen LogP contribution in [0, 0.1) is 9.39 Å². The van der Waals surface area contributed by atoms with Crippen LogP contribution in [0.3, 0.4) is 0 Å². The summed E-state index contributed by atoms with van der Waals surface area (Å²) in [5.74, 6) is -0.297. The number of nitrogens with two attached hydrogens (primary N) is 1. The van der Waals surface area contributed by atoms with Gasteiger partial charge in [-0.2, -0.15) is 5.10 Å². The van der Waals surface area contributed by atoms with Crippen molar-refractivity contribution in [3.63, 3.8) is 0 Å². The van der Waals surface area contributed by atoms with Crippen LogP contribution in [-0.4, -0.2) is 14.1 Å². The molecule has 4 rings (SSSR count). The van der Waals surface area contributed by atoms with Crippen LogP contribution in [0.15, 0.2) is 82.8 Å². The molecule has 0 fully saturated rings. The number of hydrogen-bond donors (Lipinski definition) is 1. The highest BCUT2D eigenvalue weighted by atomic mass is 127. The van der Waals surface area contributed by atoms with E-state index in [0.717, 1.165) is 26.1 Å². The van der Waals surface area contributed by atoms with Gasteiger partial charge < -0.3 is 0 Å². The first kappa shape index (κ1) is 20.0. The van der Waals surface area contributed by atoms with Crippen LogP contribution >= 0.6 is 22.6 Å². The molecule has 1 heterocycles. The van der Waals surface area contributed by atoms with Crippen molar-refractivity contribution in [2.75, 3.05) is 5.01 Å². The van der Waals surface area contributed by atoms with Gasteiger partial charge in [0, 0.05) is 9.99 Å². The Labute approximate surface area is 182 Å². The average molecular weight is 521 g/mol. The van der Waals surface area contributed by atoms with Crippen molar-refractivity contribution >= 4 is 44.0 Å². The Morgan fingerprint density at radius 2 is 1.59 bits per heavy atom. The van der Waals surface area contributed by atoms with Crippen molar-refractivity contribution in [1.29, 1.82) is 0 Å². The summed E-state index contributed by atoms with van der Waals surface area (Å²) >= 11 is 2.25. The summed E-state index contributed by atoms with van der Waals surface area (Å²) in [6.45, 7) is 0. The second kappa shape index (κ2) is 7.85. The second-order valence-corrected chi connectivity index (χ2v) is 9.52. The van der Waals surface area contributed by atoms with Crippen molar-refractivity contribution in [1.82, 2.24) is 0 Å². The van der Waals surface area contributed by atoms with Crippen molar-refractivity contribution in [2.24, 2.45) is 10.2 Å². The summed E-state index contributed by atoms with van der Waals surface area (Å²) in [5, 5.41) is 11.8. The fraction of sp³-hybridized carbons (Fsp3) is 0.0952. The first-order valence-corrected chi connectivity index (χ1v) is 11.4. The molecule has 0 saturated heterocycles. The van der Waals surface area contributed by atoms with Gasteiger partial charge in [-0.1, -0.05) is 24.3 Å². The molecule has 5 nitrogen and oxygen atoms in total. The highest BCUT2D eigenvalue weighted by molar-refractivity contribution is 14.1. The number of primary sulfonamides is 1. The van der Waals surface area contributed by atoms with Gasteiger partial charge in [0.15, 0.2) is 0 Å². The van der Waals surface area contributed by atoms with Gasteiger partial charge in [0.2, 0.25) is 10.0 Å². The minimum atomic E-state index is -3.77. The van der Waals surface area contributed by atoms with Crippen molar-refractivity contribution in [2.45, 2.75) is 17.4 Å². The second-order valence-electron chi connectivity index (χ2n) is 6.71. The van der Waals surface area contributed by atoms with Crippen molar-refractivity contribution in [3.8, 4) is 0 Å². The topological polar surface area (TPSA) is 75.8 Å². The molecule has 0 amide bonds. The smallest absolute Gasteiger partial charge is 0.238 e. The molecule has 0 aliphatic carbocycles. The lowest BCUT2D eigenvalue weighted by atomic mass is 9.98. The molecule has 0 aromatic heterocycles. The van der Waals surface area contributed by atoms with E-state index < -0.39 is 10.0 Å². The zero-order valence-electron chi connectivity index (χ0n) is 15.2. The molecule has 1 unspecified atom stereocenters. The van der Waals surface area contributed by atoms with Gasteiger partial charge in [0.25, 0.3) is 0 Å². The molecular formula is C21H17FIN3O2S. The third-order valence-corrected chi connectivity index (χ3v) is 6.42. The Bertz CT molecular complexity index is 1160. The van der Waals surface area contributed by atoms with E-state index in [-0.39, 0.29) is 16.8 Å². The van der Waals surface area contributed by atoms with E-state index in [1.54, 1.807) is 24.3 Å². The minimum absolute atomic E-state index is 0.0422. The molecule has 29 heavy (non-hydrogen) atoms. The normalized spacial score (nSPS) is 16.7. The van der Waals surface area contributed by atoms with E-state index in [4.69, 9.17) is 10.2 Å². The van der Waals surface area contributed by atoms with E-state index in [9.17, 15) is 12.8 Å². The lowest BCUT2D eigenvalue weighted by Crippen LogP contribution is -2.19. The third kappa shape index (κ3) is 4.34. The van der Waals surface area contributed by atoms with Gasteiger partial charge >= 0.3 is 0 Å². The molecule has 3 aromatic carbocycles. The summed E-state index contributed by atoms with van der Waals surface area (Å²) in [4.78, 5) is 0.0422. The number of hydrazone groups is 1. The number of halogens is 2. The Hall–Kier alpha value is -2.30. The number of rotatable bonds is 4. The van der Waals surface area contributed by atoms with Gasteiger partial charge in [-0.3, -0.25) is 5.01 Å². The number of benzene rings is 3. The van der Waals surface area contributed by atoms with Gasteiger partial charge in [0.1, 0.15) is 5.82 Å². The standard InChI is InChI=1S/C21H17FIN3O2S/c22-16-5-1-15(2-6-16)21-13-20(14-3-7-17(23)8-4-14)25-26(21)18-9-11-19(12-10-18)29(24,27)28/h1-12,21H,13H2,(H2,24,27,28). The molecule has 2 N–H and O–H groups in total. The third-order valence-electron chi connectivity index (χ3n) is 4.77. The molecular weight excluding hydrogens is 504 g/mol. The first-order chi connectivity index (χ1) is 13.8. The monoisotopic (exact) mass is 521 g/mol. The number of nitrogens with zero attached hydrogens (tertiary/aromatic N) is 2. The van der Waals surface area contributed by atoms with Crippen LogP contribution in [0.5, 0.6) is 0 Å². The lowest BCUT2D eigenvalue weighted by molar-refractivity contribution is 0.597. The summed E-state index contributed by atoms with van der Waals surface area (Å²) < 4.78 is 37.6. The number of hydrogen-bond acceptors (Lipinski definition) is 4. The van der Waals surface area contributed by atoms with Crippen molar-refractivity contribution in [3.05, 3.63) is 93.3 Å². The predicted octanol–water partition coefficient (Wildman–Crippen LogP) is 4.43. The zero-order valence-corrected chi connectivity index (χ0v) is 18.1. The maximum atomic E-state index is 13.4. The van der Waals surface area contributed by atoms with Crippen LogP contribution in [0.2, 0.25) is 0 Å². The van der Waals surface area contributed by atoms with Crippen LogP contribution in [0.1, 0.15) is 23.6 Å².